The minimum Gasteiger partial charge on any atom is -0.327 e. The predicted molar refractivity (Wildman–Crippen MR) is 83.2 cm³/mol. The van der Waals surface area contributed by atoms with Crippen LogP contribution in [0.2, 0.25) is 0 Å². The van der Waals surface area contributed by atoms with Crippen LogP contribution in [0.25, 0.3) is 0 Å². The zero-order chi connectivity index (χ0) is 16.4. The molecule has 116 valence electrons. The monoisotopic (exact) mass is 293 g/mol. The molecule has 6 nitrogen and oxygen atoms in total. The Labute approximate surface area is 124 Å². The van der Waals surface area contributed by atoms with E-state index in [4.69, 9.17) is 5.73 Å². The summed E-state index contributed by atoms with van der Waals surface area (Å²) in [4.78, 5) is 22.5. The smallest absolute Gasteiger partial charge is 0.272 e. The number of amides is 1. The van der Waals surface area contributed by atoms with Crippen molar-refractivity contribution in [1.82, 2.24) is 0 Å². The quantitative estimate of drug-likeness (QED) is 0.658. The fraction of sp³-hybridized carbons (Fsp3) is 0.533. The summed E-state index contributed by atoms with van der Waals surface area (Å²) in [5.41, 5.74) is 7.64. The second-order valence-corrected chi connectivity index (χ2v) is 6.44. The minimum atomic E-state index is -0.427. The van der Waals surface area contributed by atoms with Gasteiger partial charge in [-0.1, -0.05) is 20.8 Å². The Morgan fingerprint density at radius 3 is 2.38 bits per heavy atom. The highest BCUT2D eigenvalue weighted by Gasteiger charge is 2.23. The van der Waals surface area contributed by atoms with Crippen LogP contribution in [0, 0.1) is 29.4 Å². The summed E-state index contributed by atoms with van der Waals surface area (Å²) >= 11 is 0. The Morgan fingerprint density at radius 1 is 1.33 bits per heavy atom. The van der Waals surface area contributed by atoms with E-state index in [1.54, 1.807) is 19.9 Å². The molecule has 1 unspecified atom stereocenters. The fourth-order valence-electron chi connectivity index (χ4n) is 1.84. The Balaban J connectivity index is 2.87. The maximum Gasteiger partial charge on any atom is 0.272 e. The van der Waals surface area contributed by atoms with Crippen molar-refractivity contribution < 1.29 is 9.72 Å². The van der Waals surface area contributed by atoms with E-state index in [0.717, 1.165) is 0 Å². The van der Waals surface area contributed by atoms with Crippen molar-refractivity contribution in [3.05, 3.63) is 33.4 Å². The van der Waals surface area contributed by atoms with Gasteiger partial charge in [0.25, 0.3) is 5.69 Å². The summed E-state index contributed by atoms with van der Waals surface area (Å²) in [5, 5.41) is 13.6. The number of anilines is 1. The largest absolute Gasteiger partial charge is 0.327 e. The number of nitrogens with zero attached hydrogens (tertiary/aromatic N) is 1. The number of carbonyl (C=O) groups is 1. The third kappa shape index (κ3) is 4.53. The first-order chi connectivity index (χ1) is 9.52. The molecule has 0 bridgehead atoms. The van der Waals surface area contributed by atoms with Gasteiger partial charge in [0.1, 0.15) is 0 Å². The Hall–Kier alpha value is -1.95. The highest BCUT2D eigenvalue weighted by atomic mass is 16.6. The molecule has 0 aliphatic heterocycles. The third-order valence-electron chi connectivity index (χ3n) is 3.53. The van der Waals surface area contributed by atoms with E-state index in [1.165, 1.54) is 6.07 Å². The normalized spacial score (nSPS) is 12.9. The maximum absolute atomic E-state index is 12.0. The van der Waals surface area contributed by atoms with Crippen LogP contribution < -0.4 is 11.1 Å². The highest BCUT2D eigenvalue weighted by molar-refractivity contribution is 5.92. The van der Waals surface area contributed by atoms with Gasteiger partial charge in [-0.05, 0) is 30.9 Å². The first kappa shape index (κ1) is 17.1. The third-order valence-corrected chi connectivity index (χ3v) is 3.53. The lowest BCUT2D eigenvalue weighted by Gasteiger charge is -2.26. The molecule has 0 spiro atoms. The molecule has 1 aromatic carbocycles. The van der Waals surface area contributed by atoms with Gasteiger partial charge in [0.2, 0.25) is 5.91 Å². The Kier molecular flexibility index (Phi) is 5.06. The Morgan fingerprint density at radius 2 is 1.90 bits per heavy atom. The molecule has 0 saturated heterocycles. The summed E-state index contributed by atoms with van der Waals surface area (Å²) < 4.78 is 0. The molecule has 6 heteroatoms. The lowest BCUT2D eigenvalue weighted by molar-refractivity contribution is -0.385. The summed E-state index contributed by atoms with van der Waals surface area (Å²) in [6.45, 7) is 9.31. The molecule has 1 atom stereocenters. The van der Waals surface area contributed by atoms with Crippen molar-refractivity contribution in [2.45, 2.75) is 47.1 Å². The van der Waals surface area contributed by atoms with Gasteiger partial charge >= 0.3 is 0 Å². The molecular weight excluding hydrogens is 270 g/mol. The average Bonchev–Trinajstić information content (AvgIpc) is 2.31. The van der Waals surface area contributed by atoms with E-state index in [0.29, 0.717) is 16.8 Å². The lowest BCUT2D eigenvalue weighted by Crippen LogP contribution is -2.38. The topological polar surface area (TPSA) is 98.3 Å². The van der Waals surface area contributed by atoms with E-state index in [9.17, 15) is 14.9 Å². The van der Waals surface area contributed by atoms with Crippen LogP contribution in [0.15, 0.2) is 12.1 Å². The second-order valence-electron chi connectivity index (χ2n) is 6.44. The number of carbonyl (C=O) groups excluding carboxylic acids is 1. The number of hydrogen-bond acceptors (Lipinski definition) is 4. The molecule has 21 heavy (non-hydrogen) atoms. The summed E-state index contributed by atoms with van der Waals surface area (Å²) in [6, 6.07) is 2.83. The highest BCUT2D eigenvalue weighted by Crippen LogP contribution is 2.26. The average molecular weight is 293 g/mol. The zero-order valence-electron chi connectivity index (χ0n) is 13.2. The molecule has 0 aliphatic carbocycles. The van der Waals surface area contributed by atoms with Crippen LogP contribution >= 0.6 is 0 Å². The van der Waals surface area contributed by atoms with Gasteiger partial charge < -0.3 is 11.1 Å². The van der Waals surface area contributed by atoms with E-state index < -0.39 is 4.92 Å². The molecule has 1 amide bonds. The number of nitrogens with one attached hydrogen (secondary N) is 1. The van der Waals surface area contributed by atoms with E-state index in [2.05, 4.69) is 5.32 Å². The second kappa shape index (κ2) is 6.22. The van der Waals surface area contributed by atoms with Crippen LogP contribution in [0.3, 0.4) is 0 Å². The Bertz CT molecular complexity index is 562. The van der Waals surface area contributed by atoms with E-state index in [1.807, 2.05) is 20.8 Å². The van der Waals surface area contributed by atoms with Gasteiger partial charge in [0.15, 0.2) is 0 Å². The number of nitro groups is 1. The van der Waals surface area contributed by atoms with Crippen LogP contribution in [0.5, 0.6) is 0 Å². The molecule has 1 rings (SSSR count). The standard InChI is InChI=1S/C15H23N3O3/c1-9-7-12(18(20)21)10(2)6-11(9)17-14(19)8-13(16)15(3,4)5/h6-7,13H,8,16H2,1-5H3,(H,17,19). The van der Waals surface area contributed by atoms with Crippen molar-refractivity contribution in [2.75, 3.05) is 5.32 Å². The molecule has 0 heterocycles. The summed E-state index contributed by atoms with van der Waals surface area (Å²) in [7, 11) is 0. The van der Waals surface area contributed by atoms with Crippen LogP contribution in [-0.2, 0) is 4.79 Å². The van der Waals surface area contributed by atoms with Gasteiger partial charge in [0.05, 0.1) is 4.92 Å². The van der Waals surface area contributed by atoms with Gasteiger partial charge in [-0.15, -0.1) is 0 Å². The number of nitrogens with two attached hydrogens (primary N) is 1. The number of hydrogen-bond donors (Lipinski definition) is 2. The first-order valence-corrected chi connectivity index (χ1v) is 6.83. The van der Waals surface area contributed by atoms with Gasteiger partial charge in [-0.2, -0.15) is 0 Å². The molecule has 0 fully saturated rings. The molecule has 0 saturated carbocycles. The van der Waals surface area contributed by atoms with Gasteiger partial charge in [-0.25, -0.2) is 0 Å². The summed E-state index contributed by atoms with van der Waals surface area (Å²) in [6.07, 6.45) is 0.207. The molecular formula is C15H23N3O3. The van der Waals surface area contributed by atoms with Crippen molar-refractivity contribution in [1.29, 1.82) is 0 Å². The SMILES string of the molecule is Cc1cc([N+](=O)[O-])c(C)cc1NC(=O)CC(N)C(C)(C)C. The van der Waals surface area contributed by atoms with Gasteiger partial charge in [-0.3, -0.25) is 14.9 Å². The van der Waals surface area contributed by atoms with Gasteiger partial charge in [0, 0.05) is 29.8 Å². The lowest BCUT2D eigenvalue weighted by atomic mass is 9.85. The van der Waals surface area contributed by atoms with Crippen LogP contribution in [-0.4, -0.2) is 16.9 Å². The van der Waals surface area contributed by atoms with Crippen molar-refractivity contribution in [3.8, 4) is 0 Å². The van der Waals surface area contributed by atoms with Crippen molar-refractivity contribution in [3.63, 3.8) is 0 Å². The predicted octanol–water partition coefficient (Wildman–Crippen LogP) is 2.91. The number of rotatable bonds is 4. The van der Waals surface area contributed by atoms with E-state index in [-0.39, 0.29) is 29.5 Å². The van der Waals surface area contributed by atoms with Crippen LogP contribution in [0.1, 0.15) is 38.3 Å². The van der Waals surface area contributed by atoms with Crippen LogP contribution in [0.4, 0.5) is 11.4 Å². The minimum absolute atomic E-state index is 0.0527. The number of aryl methyl sites for hydroxylation is 2. The molecule has 0 radical (unpaired) electrons. The first-order valence-electron chi connectivity index (χ1n) is 6.83. The molecule has 3 N–H and O–H groups in total. The summed E-state index contributed by atoms with van der Waals surface area (Å²) in [5.74, 6) is -0.186. The molecule has 1 aromatic rings. The number of benzene rings is 1. The number of nitro benzene ring substituents is 1. The zero-order valence-corrected chi connectivity index (χ0v) is 13.2. The fourth-order valence-corrected chi connectivity index (χ4v) is 1.84. The maximum atomic E-state index is 12.0. The van der Waals surface area contributed by atoms with Crippen molar-refractivity contribution in [2.24, 2.45) is 11.1 Å². The van der Waals surface area contributed by atoms with Crippen molar-refractivity contribution >= 4 is 17.3 Å². The van der Waals surface area contributed by atoms with E-state index >= 15 is 0 Å². The molecule has 0 aliphatic rings. The molecule has 0 aromatic heterocycles.